The van der Waals surface area contributed by atoms with E-state index in [0.29, 0.717) is 11.6 Å². The molecule has 0 unspecified atom stereocenters. The largest absolute Gasteiger partial charge is 0.381 e. The maximum atomic E-state index is 5.76. The highest BCUT2D eigenvalue weighted by molar-refractivity contribution is 9.10. The number of benzene rings is 2. The molecule has 3 aromatic rings. The van der Waals surface area contributed by atoms with Gasteiger partial charge in [0.25, 0.3) is 0 Å². The van der Waals surface area contributed by atoms with Crippen LogP contribution in [0.25, 0.3) is 10.8 Å². The number of anilines is 3. The Labute approximate surface area is 118 Å². The van der Waals surface area contributed by atoms with Crippen molar-refractivity contribution in [2.24, 2.45) is 0 Å². The highest BCUT2D eigenvalue weighted by Gasteiger charge is 2.02. The van der Waals surface area contributed by atoms with E-state index in [-0.39, 0.29) is 0 Å². The number of nitrogens with two attached hydrogens (primary N) is 1. The summed E-state index contributed by atoms with van der Waals surface area (Å²) in [6, 6.07) is 12.2. The molecule has 0 bridgehead atoms. The first kappa shape index (κ1) is 11.9. The molecule has 0 aliphatic carbocycles. The van der Waals surface area contributed by atoms with Gasteiger partial charge < -0.3 is 11.1 Å². The number of rotatable bonds is 2. The van der Waals surface area contributed by atoms with Crippen molar-refractivity contribution in [3.05, 3.63) is 53.3 Å². The van der Waals surface area contributed by atoms with Crippen LogP contribution in [-0.4, -0.2) is 9.97 Å². The molecule has 2 aromatic carbocycles. The third kappa shape index (κ3) is 2.51. The van der Waals surface area contributed by atoms with Crippen LogP contribution in [-0.2, 0) is 0 Å². The second-order valence-corrected chi connectivity index (χ2v) is 5.04. The monoisotopic (exact) mass is 314 g/mol. The van der Waals surface area contributed by atoms with Gasteiger partial charge in [0.2, 0.25) is 0 Å². The fourth-order valence-electron chi connectivity index (χ4n) is 1.88. The number of fused-ring (bicyclic) bond motifs is 1. The van der Waals surface area contributed by atoms with Crippen molar-refractivity contribution in [2.45, 2.75) is 0 Å². The summed E-state index contributed by atoms with van der Waals surface area (Å²) in [6.07, 6.45) is 3.18. The van der Waals surface area contributed by atoms with Crippen LogP contribution in [0.3, 0.4) is 0 Å². The zero-order chi connectivity index (χ0) is 13.2. The Morgan fingerprint density at radius 3 is 2.53 bits per heavy atom. The van der Waals surface area contributed by atoms with Gasteiger partial charge in [-0.25, -0.2) is 9.97 Å². The van der Waals surface area contributed by atoms with Gasteiger partial charge in [0.15, 0.2) is 11.6 Å². The van der Waals surface area contributed by atoms with Crippen molar-refractivity contribution in [3.63, 3.8) is 0 Å². The molecule has 3 rings (SSSR count). The summed E-state index contributed by atoms with van der Waals surface area (Å²) < 4.78 is 1.07. The quantitative estimate of drug-likeness (QED) is 0.756. The molecular formula is C14H11BrN4. The molecule has 1 aromatic heterocycles. The van der Waals surface area contributed by atoms with Crippen molar-refractivity contribution in [3.8, 4) is 0 Å². The van der Waals surface area contributed by atoms with E-state index >= 15 is 0 Å². The maximum absolute atomic E-state index is 5.76. The molecule has 3 N–H and O–H groups in total. The average molecular weight is 315 g/mol. The van der Waals surface area contributed by atoms with Crippen LogP contribution < -0.4 is 11.1 Å². The van der Waals surface area contributed by atoms with Crippen molar-refractivity contribution in [1.82, 2.24) is 9.97 Å². The zero-order valence-electron chi connectivity index (χ0n) is 9.97. The van der Waals surface area contributed by atoms with E-state index in [9.17, 15) is 0 Å². The van der Waals surface area contributed by atoms with E-state index in [0.717, 1.165) is 15.5 Å². The molecule has 0 atom stereocenters. The van der Waals surface area contributed by atoms with Gasteiger partial charge in [-0.2, -0.15) is 0 Å². The summed E-state index contributed by atoms with van der Waals surface area (Å²) in [4.78, 5) is 8.16. The summed E-state index contributed by atoms with van der Waals surface area (Å²) in [7, 11) is 0. The molecule has 0 aliphatic heterocycles. The van der Waals surface area contributed by atoms with Gasteiger partial charge in [0.1, 0.15) is 0 Å². The first-order valence-corrected chi connectivity index (χ1v) is 6.54. The van der Waals surface area contributed by atoms with Gasteiger partial charge in [-0.05, 0) is 35.0 Å². The van der Waals surface area contributed by atoms with Crippen LogP contribution in [0, 0.1) is 0 Å². The number of aromatic nitrogens is 2. The summed E-state index contributed by atoms with van der Waals surface area (Å²) >= 11 is 3.46. The Bertz CT molecular complexity index is 742. The van der Waals surface area contributed by atoms with Crippen LogP contribution >= 0.6 is 15.9 Å². The predicted octanol–water partition coefficient (Wildman–Crippen LogP) is 3.72. The minimum absolute atomic E-state index is 0.387. The van der Waals surface area contributed by atoms with E-state index in [1.54, 1.807) is 12.4 Å². The fourth-order valence-corrected chi connectivity index (χ4v) is 2.25. The lowest BCUT2D eigenvalue weighted by Crippen LogP contribution is -2.00. The van der Waals surface area contributed by atoms with Crippen molar-refractivity contribution >= 4 is 44.0 Å². The Morgan fingerprint density at radius 1 is 0.947 bits per heavy atom. The van der Waals surface area contributed by atoms with Crippen LogP contribution in [0.2, 0.25) is 0 Å². The standard InChI is InChI=1S/C14H11BrN4/c15-11-3-1-10-8-12(4-2-9(10)7-11)19-14-13(16)17-5-6-18-14/h1-8H,(H2,16,17)(H,18,19). The minimum Gasteiger partial charge on any atom is -0.381 e. The number of hydrogen-bond donors (Lipinski definition) is 2. The van der Waals surface area contributed by atoms with E-state index in [4.69, 9.17) is 5.73 Å². The van der Waals surface area contributed by atoms with E-state index < -0.39 is 0 Å². The topological polar surface area (TPSA) is 63.8 Å². The lowest BCUT2D eigenvalue weighted by atomic mass is 10.1. The molecule has 94 valence electrons. The van der Waals surface area contributed by atoms with Gasteiger partial charge in [0, 0.05) is 22.6 Å². The van der Waals surface area contributed by atoms with Gasteiger partial charge in [-0.15, -0.1) is 0 Å². The fraction of sp³-hybridized carbons (Fsp3) is 0. The Balaban J connectivity index is 1.98. The molecule has 0 saturated carbocycles. The first-order chi connectivity index (χ1) is 9.22. The molecule has 1 heterocycles. The number of halogens is 1. The lowest BCUT2D eigenvalue weighted by molar-refractivity contribution is 1.21. The highest BCUT2D eigenvalue weighted by atomic mass is 79.9. The molecule has 0 amide bonds. The second kappa shape index (κ2) is 4.85. The van der Waals surface area contributed by atoms with Crippen LogP contribution in [0.1, 0.15) is 0 Å². The van der Waals surface area contributed by atoms with E-state index in [1.165, 1.54) is 5.39 Å². The normalized spacial score (nSPS) is 10.6. The van der Waals surface area contributed by atoms with Crippen LogP contribution in [0.4, 0.5) is 17.3 Å². The third-order valence-corrected chi connectivity index (χ3v) is 3.28. The number of nitrogens with zero attached hydrogens (tertiary/aromatic N) is 2. The Kier molecular flexibility index (Phi) is 3.05. The predicted molar refractivity (Wildman–Crippen MR) is 81.4 cm³/mol. The van der Waals surface area contributed by atoms with Crippen LogP contribution in [0.5, 0.6) is 0 Å². The second-order valence-electron chi connectivity index (χ2n) is 4.12. The summed E-state index contributed by atoms with van der Waals surface area (Å²) in [5.74, 6) is 0.956. The van der Waals surface area contributed by atoms with E-state index in [1.807, 2.05) is 12.1 Å². The summed E-state index contributed by atoms with van der Waals surface area (Å²) in [5.41, 5.74) is 6.69. The first-order valence-electron chi connectivity index (χ1n) is 5.75. The maximum Gasteiger partial charge on any atom is 0.173 e. The number of nitrogens with one attached hydrogen (secondary N) is 1. The van der Waals surface area contributed by atoms with Crippen LogP contribution in [0.15, 0.2) is 53.3 Å². The molecule has 19 heavy (non-hydrogen) atoms. The van der Waals surface area contributed by atoms with Gasteiger partial charge in [-0.3, -0.25) is 0 Å². The molecule has 5 heteroatoms. The van der Waals surface area contributed by atoms with Gasteiger partial charge in [-0.1, -0.05) is 28.1 Å². The van der Waals surface area contributed by atoms with Crippen molar-refractivity contribution in [2.75, 3.05) is 11.1 Å². The Hall–Kier alpha value is -2.14. The molecule has 0 fully saturated rings. The molecule has 0 aliphatic rings. The third-order valence-electron chi connectivity index (χ3n) is 2.79. The molecule has 0 saturated heterocycles. The van der Waals surface area contributed by atoms with Crippen molar-refractivity contribution in [1.29, 1.82) is 0 Å². The van der Waals surface area contributed by atoms with Gasteiger partial charge in [0.05, 0.1) is 0 Å². The Morgan fingerprint density at radius 2 is 1.68 bits per heavy atom. The molecule has 4 nitrogen and oxygen atoms in total. The van der Waals surface area contributed by atoms with Gasteiger partial charge >= 0.3 is 0 Å². The molecular weight excluding hydrogens is 304 g/mol. The average Bonchev–Trinajstić information content (AvgIpc) is 2.41. The molecule has 0 spiro atoms. The van der Waals surface area contributed by atoms with Crippen molar-refractivity contribution < 1.29 is 0 Å². The number of nitrogen functional groups attached to an aromatic ring is 1. The summed E-state index contributed by atoms with van der Waals surface area (Å²) in [6.45, 7) is 0. The molecule has 0 radical (unpaired) electrons. The number of hydrogen-bond acceptors (Lipinski definition) is 4. The van der Waals surface area contributed by atoms with E-state index in [2.05, 4.69) is 55.5 Å². The minimum atomic E-state index is 0.387. The SMILES string of the molecule is Nc1nccnc1Nc1ccc2cc(Br)ccc2c1. The smallest absolute Gasteiger partial charge is 0.173 e. The highest BCUT2D eigenvalue weighted by Crippen LogP contribution is 2.25. The summed E-state index contributed by atoms with van der Waals surface area (Å²) in [5, 5.41) is 5.49. The zero-order valence-corrected chi connectivity index (χ0v) is 11.6. The lowest BCUT2D eigenvalue weighted by Gasteiger charge is -2.08.